The molecule has 0 aliphatic carbocycles. The first kappa shape index (κ1) is 23.5. The first-order chi connectivity index (χ1) is 16.4. The number of urea groups is 1. The molecule has 0 aromatic heterocycles. The SMILES string of the molecule is O=C(COc1ccc(/C=C2/NC(=O)N(Cc3ccc(Br)cc3)C2=O)cc1Cl)Nc1ccccc1. The summed E-state index contributed by atoms with van der Waals surface area (Å²) in [6, 6.07) is 20.8. The number of hydrogen-bond acceptors (Lipinski definition) is 4. The third kappa shape index (κ3) is 5.84. The molecule has 0 unspecified atom stereocenters. The van der Waals surface area contributed by atoms with E-state index in [1.165, 1.54) is 0 Å². The van der Waals surface area contributed by atoms with Crippen LogP contribution >= 0.6 is 27.5 Å². The summed E-state index contributed by atoms with van der Waals surface area (Å²) in [5.41, 5.74) is 2.24. The van der Waals surface area contributed by atoms with Crippen LogP contribution in [0.15, 0.2) is 83.0 Å². The number of rotatable bonds is 7. The highest BCUT2D eigenvalue weighted by Gasteiger charge is 2.33. The highest BCUT2D eigenvalue weighted by Crippen LogP contribution is 2.27. The summed E-state index contributed by atoms with van der Waals surface area (Å²) in [5.74, 6) is -0.425. The number of amides is 4. The van der Waals surface area contributed by atoms with Gasteiger partial charge in [0, 0.05) is 10.2 Å². The molecule has 1 aliphatic rings. The van der Waals surface area contributed by atoms with Gasteiger partial charge in [-0.3, -0.25) is 14.5 Å². The van der Waals surface area contributed by atoms with E-state index in [9.17, 15) is 14.4 Å². The fourth-order valence-corrected chi connectivity index (χ4v) is 3.75. The average molecular weight is 541 g/mol. The Morgan fingerprint density at radius 2 is 1.79 bits per heavy atom. The Morgan fingerprint density at radius 3 is 2.50 bits per heavy atom. The minimum absolute atomic E-state index is 0.147. The maximum Gasteiger partial charge on any atom is 0.329 e. The Hall–Kier alpha value is -3.62. The molecule has 9 heteroatoms. The fraction of sp³-hybridized carbons (Fsp3) is 0.0800. The van der Waals surface area contributed by atoms with Crippen LogP contribution in [0.2, 0.25) is 5.02 Å². The van der Waals surface area contributed by atoms with E-state index in [-0.39, 0.29) is 29.8 Å². The van der Waals surface area contributed by atoms with Crippen molar-refractivity contribution in [2.45, 2.75) is 6.54 Å². The first-order valence-electron chi connectivity index (χ1n) is 10.3. The second kappa shape index (κ2) is 10.5. The minimum Gasteiger partial charge on any atom is -0.482 e. The lowest BCUT2D eigenvalue weighted by atomic mass is 10.1. The summed E-state index contributed by atoms with van der Waals surface area (Å²) in [6.07, 6.45) is 1.54. The molecule has 1 fully saturated rings. The van der Waals surface area contributed by atoms with E-state index in [4.69, 9.17) is 16.3 Å². The lowest BCUT2D eigenvalue weighted by Gasteiger charge is -2.11. The molecule has 0 radical (unpaired) electrons. The molecule has 4 amide bonds. The summed E-state index contributed by atoms with van der Waals surface area (Å²) in [4.78, 5) is 38.3. The monoisotopic (exact) mass is 539 g/mol. The number of carbonyl (C=O) groups is 3. The molecule has 0 bridgehead atoms. The predicted molar refractivity (Wildman–Crippen MR) is 133 cm³/mol. The normalized spacial score (nSPS) is 14.3. The molecule has 0 atom stereocenters. The maximum atomic E-state index is 12.7. The summed E-state index contributed by atoms with van der Waals surface area (Å²) < 4.78 is 6.43. The number of halogens is 2. The minimum atomic E-state index is -0.491. The predicted octanol–water partition coefficient (Wildman–Crippen LogP) is 5.21. The number of nitrogens with zero attached hydrogens (tertiary/aromatic N) is 1. The molecule has 2 N–H and O–H groups in total. The highest BCUT2D eigenvalue weighted by molar-refractivity contribution is 9.10. The summed E-state index contributed by atoms with van der Waals surface area (Å²) in [7, 11) is 0. The standard InChI is InChI=1S/C25H19BrClN3O4/c26-18-9-6-16(7-10-18)14-30-24(32)21(29-25(30)33)13-17-8-11-22(20(27)12-17)34-15-23(31)28-19-4-2-1-3-5-19/h1-13H,14-15H2,(H,28,31)(H,29,33)/b21-13+. The Morgan fingerprint density at radius 1 is 1.06 bits per heavy atom. The van der Waals surface area contributed by atoms with E-state index in [0.717, 1.165) is 14.9 Å². The van der Waals surface area contributed by atoms with Crippen molar-refractivity contribution < 1.29 is 19.1 Å². The van der Waals surface area contributed by atoms with Crippen LogP contribution in [-0.2, 0) is 16.1 Å². The van der Waals surface area contributed by atoms with Gasteiger partial charge in [-0.25, -0.2) is 4.79 Å². The van der Waals surface area contributed by atoms with Crippen LogP contribution in [0.3, 0.4) is 0 Å². The quantitative estimate of drug-likeness (QED) is 0.318. The van der Waals surface area contributed by atoms with Gasteiger partial charge in [-0.2, -0.15) is 0 Å². The first-order valence-corrected chi connectivity index (χ1v) is 11.4. The topological polar surface area (TPSA) is 87.7 Å². The Bertz CT molecular complexity index is 1260. The molecule has 0 saturated carbocycles. The molecular formula is C25H19BrClN3O4. The molecule has 0 spiro atoms. The van der Waals surface area contributed by atoms with Gasteiger partial charge in [-0.15, -0.1) is 0 Å². The van der Waals surface area contributed by atoms with Crippen molar-refractivity contribution in [2.24, 2.45) is 0 Å². The van der Waals surface area contributed by atoms with Gasteiger partial charge < -0.3 is 15.4 Å². The van der Waals surface area contributed by atoms with E-state index in [2.05, 4.69) is 26.6 Å². The zero-order valence-electron chi connectivity index (χ0n) is 17.8. The van der Waals surface area contributed by atoms with Gasteiger partial charge in [0.15, 0.2) is 6.61 Å². The van der Waals surface area contributed by atoms with E-state index in [1.54, 1.807) is 36.4 Å². The molecule has 4 rings (SSSR count). The number of imide groups is 1. The third-order valence-corrected chi connectivity index (χ3v) is 5.72. The Labute approximate surface area is 209 Å². The van der Waals surface area contributed by atoms with Crippen molar-refractivity contribution >= 4 is 57.1 Å². The highest BCUT2D eigenvalue weighted by atomic mass is 79.9. The fourth-order valence-electron chi connectivity index (χ4n) is 3.24. The largest absolute Gasteiger partial charge is 0.482 e. The number of anilines is 1. The van der Waals surface area contributed by atoms with E-state index < -0.39 is 11.9 Å². The summed E-state index contributed by atoms with van der Waals surface area (Å²) >= 11 is 9.66. The second-order valence-electron chi connectivity index (χ2n) is 7.40. The molecular weight excluding hydrogens is 522 g/mol. The number of hydrogen-bond donors (Lipinski definition) is 2. The van der Waals surface area contributed by atoms with Crippen LogP contribution in [-0.4, -0.2) is 29.4 Å². The van der Waals surface area contributed by atoms with Gasteiger partial charge in [-0.1, -0.05) is 63.9 Å². The molecule has 34 heavy (non-hydrogen) atoms. The number of ether oxygens (including phenoxy) is 1. The summed E-state index contributed by atoms with van der Waals surface area (Å²) in [6.45, 7) is -0.0531. The van der Waals surface area contributed by atoms with E-state index in [1.807, 2.05) is 42.5 Å². The van der Waals surface area contributed by atoms with Crippen molar-refractivity contribution in [3.8, 4) is 5.75 Å². The smallest absolute Gasteiger partial charge is 0.329 e. The summed E-state index contributed by atoms with van der Waals surface area (Å²) in [5, 5.41) is 5.59. The molecule has 172 valence electrons. The molecule has 1 heterocycles. The van der Waals surface area contributed by atoms with Gasteiger partial charge in [0.25, 0.3) is 11.8 Å². The van der Waals surface area contributed by atoms with Gasteiger partial charge >= 0.3 is 6.03 Å². The number of benzene rings is 3. The second-order valence-corrected chi connectivity index (χ2v) is 8.72. The van der Waals surface area contributed by atoms with Crippen molar-refractivity contribution in [1.82, 2.24) is 10.2 Å². The van der Waals surface area contributed by atoms with E-state index >= 15 is 0 Å². The van der Waals surface area contributed by atoms with Crippen LogP contribution in [0.5, 0.6) is 5.75 Å². The van der Waals surface area contributed by atoms with Crippen LogP contribution in [0, 0.1) is 0 Å². The zero-order chi connectivity index (χ0) is 24.1. The third-order valence-electron chi connectivity index (χ3n) is 4.90. The average Bonchev–Trinajstić information content (AvgIpc) is 3.08. The van der Waals surface area contributed by atoms with Gasteiger partial charge in [0.05, 0.1) is 11.6 Å². The lowest BCUT2D eigenvalue weighted by molar-refractivity contribution is -0.123. The Balaban J connectivity index is 1.38. The van der Waals surface area contributed by atoms with Gasteiger partial charge in [0.1, 0.15) is 11.4 Å². The van der Waals surface area contributed by atoms with Gasteiger partial charge in [0.2, 0.25) is 0 Å². The Kier molecular flexibility index (Phi) is 7.30. The van der Waals surface area contributed by atoms with Crippen LogP contribution in [0.1, 0.15) is 11.1 Å². The van der Waals surface area contributed by atoms with Crippen molar-refractivity contribution in [2.75, 3.05) is 11.9 Å². The van der Waals surface area contributed by atoms with Crippen LogP contribution in [0.4, 0.5) is 10.5 Å². The molecule has 1 saturated heterocycles. The molecule has 3 aromatic carbocycles. The molecule has 7 nitrogen and oxygen atoms in total. The maximum absolute atomic E-state index is 12.7. The van der Waals surface area contributed by atoms with E-state index in [0.29, 0.717) is 17.0 Å². The van der Waals surface area contributed by atoms with Crippen LogP contribution in [0.25, 0.3) is 6.08 Å². The zero-order valence-corrected chi connectivity index (χ0v) is 20.1. The van der Waals surface area contributed by atoms with Crippen molar-refractivity contribution in [1.29, 1.82) is 0 Å². The molecule has 1 aliphatic heterocycles. The number of para-hydroxylation sites is 1. The van der Waals surface area contributed by atoms with Gasteiger partial charge in [-0.05, 0) is 53.6 Å². The number of carbonyl (C=O) groups excluding carboxylic acids is 3. The van der Waals surface area contributed by atoms with Crippen molar-refractivity contribution in [3.05, 3.63) is 99.1 Å². The van der Waals surface area contributed by atoms with Crippen molar-refractivity contribution in [3.63, 3.8) is 0 Å². The molecule has 3 aromatic rings. The lowest BCUT2D eigenvalue weighted by Crippen LogP contribution is -2.30. The van der Waals surface area contributed by atoms with Crippen LogP contribution < -0.4 is 15.4 Å². The number of nitrogens with one attached hydrogen (secondary N) is 2.